The topological polar surface area (TPSA) is 49.8 Å². The Bertz CT molecular complexity index is 357. The molecule has 0 amide bonds. The van der Waals surface area contributed by atoms with Crippen LogP contribution in [-0.4, -0.2) is 55.0 Å². The summed E-state index contributed by atoms with van der Waals surface area (Å²) >= 11 is 0. The number of carbonyl (C=O) groups is 1. The average molecular weight is 281 g/mol. The number of hydrogen-bond acceptors (Lipinski definition) is 3. The molecule has 1 saturated carbocycles. The van der Waals surface area contributed by atoms with Gasteiger partial charge in [0, 0.05) is 26.2 Å². The van der Waals surface area contributed by atoms with Crippen LogP contribution in [0.15, 0.2) is 0 Å². The van der Waals surface area contributed by atoms with Crippen molar-refractivity contribution >= 4 is 5.97 Å². The molecule has 2 fully saturated rings. The van der Waals surface area contributed by atoms with Gasteiger partial charge in [-0.3, -0.25) is 9.69 Å². The number of ether oxygens (including phenoxy) is 1. The minimum atomic E-state index is -4.71. The molecule has 2 atom stereocenters. The fourth-order valence-electron chi connectivity index (χ4n) is 2.84. The molecule has 1 saturated heterocycles. The van der Waals surface area contributed by atoms with E-state index in [-0.39, 0.29) is 19.0 Å². The summed E-state index contributed by atoms with van der Waals surface area (Å²) in [7, 11) is 1.51. The molecule has 110 valence electrons. The van der Waals surface area contributed by atoms with Gasteiger partial charge < -0.3 is 9.84 Å². The van der Waals surface area contributed by atoms with Crippen molar-refractivity contribution in [2.75, 3.05) is 26.8 Å². The highest BCUT2D eigenvalue weighted by molar-refractivity contribution is 5.76. The maximum Gasteiger partial charge on any atom is 0.406 e. The number of nitrogens with zero attached hydrogens (tertiary/aromatic N) is 1. The van der Waals surface area contributed by atoms with E-state index in [0.717, 1.165) is 12.8 Å². The van der Waals surface area contributed by atoms with Crippen LogP contribution in [0.25, 0.3) is 0 Å². The van der Waals surface area contributed by atoms with Gasteiger partial charge in [0.15, 0.2) is 5.41 Å². The number of methoxy groups -OCH3 is 1. The average Bonchev–Trinajstić information content (AvgIpc) is 3.01. The number of aliphatic carboxylic acids is 1. The van der Waals surface area contributed by atoms with Gasteiger partial charge in [-0.1, -0.05) is 0 Å². The molecule has 0 radical (unpaired) electrons. The third-order valence-corrected chi connectivity index (χ3v) is 4.22. The molecule has 4 nitrogen and oxygen atoms in total. The molecule has 0 aromatic heterocycles. The zero-order valence-electron chi connectivity index (χ0n) is 10.7. The second kappa shape index (κ2) is 4.94. The summed E-state index contributed by atoms with van der Waals surface area (Å²) in [6.07, 6.45) is -3.12. The molecule has 1 aliphatic heterocycles. The van der Waals surface area contributed by atoms with Gasteiger partial charge in [-0.2, -0.15) is 13.2 Å². The van der Waals surface area contributed by atoms with Crippen LogP contribution >= 0.6 is 0 Å². The van der Waals surface area contributed by atoms with Crippen LogP contribution in [0.3, 0.4) is 0 Å². The van der Waals surface area contributed by atoms with Crippen molar-refractivity contribution in [3.05, 3.63) is 0 Å². The van der Waals surface area contributed by atoms with Crippen LogP contribution in [0.5, 0.6) is 0 Å². The second-order valence-corrected chi connectivity index (χ2v) is 5.47. The van der Waals surface area contributed by atoms with E-state index in [4.69, 9.17) is 9.84 Å². The molecule has 2 aliphatic rings. The zero-order chi connectivity index (χ0) is 14.3. The van der Waals surface area contributed by atoms with Crippen LogP contribution in [0.4, 0.5) is 13.2 Å². The Morgan fingerprint density at radius 1 is 1.53 bits per heavy atom. The lowest BCUT2D eigenvalue weighted by molar-refractivity contribution is -0.228. The zero-order valence-corrected chi connectivity index (χ0v) is 10.7. The van der Waals surface area contributed by atoms with E-state index in [2.05, 4.69) is 0 Å². The van der Waals surface area contributed by atoms with Gasteiger partial charge in [-0.15, -0.1) is 0 Å². The number of carboxylic acid groups (broad SMARTS) is 1. The minimum absolute atomic E-state index is 0.0893. The number of likely N-dealkylation sites (tertiary alicyclic amines) is 1. The highest BCUT2D eigenvalue weighted by atomic mass is 19.4. The predicted octanol–water partition coefficient (Wildman–Crippen LogP) is 1.75. The smallest absolute Gasteiger partial charge is 0.406 e. The number of hydrogen-bond donors (Lipinski definition) is 1. The van der Waals surface area contributed by atoms with Crippen LogP contribution in [0.1, 0.15) is 19.3 Å². The predicted molar refractivity (Wildman–Crippen MR) is 60.7 cm³/mol. The van der Waals surface area contributed by atoms with Gasteiger partial charge in [0.1, 0.15) is 0 Å². The molecular formula is C12H18F3NO3. The third-order valence-electron chi connectivity index (χ3n) is 4.22. The third kappa shape index (κ3) is 2.58. The fourth-order valence-corrected chi connectivity index (χ4v) is 2.84. The second-order valence-electron chi connectivity index (χ2n) is 5.47. The van der Waals surface area contributed by atoms with Crippen molar-refractivity contribution in [2.24, 2.45) is 11.3 Å². The molecule has 2 rings (SSSR count). The number of rotatable bonds is 5. The quantitative estimate of drug-likeness (QED) is 0.834. The number of alkyl halides is 3. The molecule has 0 bridgehead atoms. The van der Waals surface area contributed by atoms with E-state index in [1.807, 2.05) is 0 Å². The molecule has 19 heavy (non-hydrogen) atoms. The highest BCUT2D eigenvalue weighted by Gasteiger charge is 2.64. The molecule has 1 aliphatic carbocycles. The summed E-state index contributed by atoms with van der Waals surface area (Å²) in [4.78, 5) is 12.7. The number of carboxylic acids is 1. The van der Waals surface area contributed by atoms with Crippen molar-refractivity contribution in [3.8, 4) is 0 Å². The maximum atomic E-state index is 13.1. The first-order valence-corrected chi connectivity index (χ1v) is 6.35. The molecule has 1 heterocycles. The van der Waals surface area contributed by atoms with Crippen molar-refractivity contribution in [3.63, 3.8) is 0 Å². The van der Waals surface area contributed by atoms with E-state index >= 15 is 0 Å². The summed E-state index contributed by atoms with van der Waals surface area (Å²) in [5.74, 6) is -1.42. The summed E-state index contributed by atoms with van der Waals surface area (Å²) < 4.78 is 44.3. The van der Waals surface area contributed by atoms with Gasteiger partial charge >= 0.3 is 12.1 Å². The van der Waals surface area contributed by atoms with Crippen molar-refractivity contribution in [1.82, 2.24) is 4.90 Å². The molecule has 2 unspecified atom stereocenters. The highest BCUT2D eigenvalue weighted by Crippen LogP contribution is 2.48. The Morgan fingerprint density at radius 2 is 2.16 bits per heavy atom. The lowest BCUT2D eigenvalue weighted by atomic mass is 9.86. The van der Waals surface area contributed by atoms with Crippen LogP contribution < -0.4 is 0 Å². The standard InChI is InChI=1S/C12H18F3NO3/c1-19-6-9(8-2-3-8)16-5-4-11(7-16,10(17)18)12(13,14)15/h8-9H,2-7H2,1H3,(H,17,18). The Labute approximate surface area is 109 Å². The molecule has 1 N–H and O–H groups in total. The summed E-state index contributed by atoms with van der Waals surface area (Å²) in [6, 6.07) is -0.0893. The molecular weight excluding hydrogens is 263 g/mol. The van der Waals surface area contributed by atoms with E-state index in [0.29, 0.717) is 12.5 Å². The first kappa shape index (κ1) is 14.6. The van der Waals surface area contributed by atoms with Crippen molar-refractivity contribution < 1.29 is 27.8 Å². The molecule has 0 spiro atoms. The Hall–Kier alpha value is -0.820. The van der Waals surface area contributed by atoms with Gasteiger partial charge in [0.05, 0.1) is 6.61 Å². The van der Waals surface area contributed by atoms with E-state index < -0.39 is 24.1 Å². The van der Waals surface area contributed by atoms with E-state index in [9.17, 15) is 18.0 Å². The van der Waals surface area contributed by atoms with E-state index in [1.54, 1.807) is 4.90 Å². The summed E-state index contributed by atoms with van der Waals surface area (Å²) in [5.41, 5.74) is -2.62. The Balaban J connectivity index is 2.14. The fraction of sp³-hybridized carbons (Fsp3) is 0.917. The summed E-state index contributed by atoms with van der Waals surface area (Å²) in [5, 5.41) is 9.01. The van der Waals surface area contributed by atoms with Crippen LogP contribution in [0.2, 0.25) is 0 Å². The summed E-state index contributed by atoms with van der Waals surface area (Å²) in [6.45, 7) is 0.0604. The Kier molecular flexibility index (Phi) is 3.79. The maximum absolute atomic E-state index is 13.1. The van der Waals surface area contributed by atoms with Crippen LogP contribution in [-0.2, 0) is 9.53 Å². The normalized spacial score (nSPS) is 30.5. The van der Waals surface area contributed by atoms with Crippen molar-refractivity contribution in [1.29, 1.82) is 0 Å². The Morgan fingerprint density at radius 3 is 2.53 bits per heavy atom. The lowest BCUT2D eigenvalue weighted by Crippen LogP contribution is -2.49. The largest absolute Gasteiger partial charge is 0.481 e. The van der Waals surface area contributed by atoms with E-state index in [1.165, 1.54) is 7.11 Å². The van der Waals surface area contributed by atoms with Gasteiger partial charge in [-0.25, -0.2) is 0 Å². The van der Waals surface area contributed by atoms with Crippen molar-refractivity contribution in [2.45, 2.75) is 31.5 Å². The van der Waals surface area contributed by atoms with Crippen LogP contribution in [0, 0.1) is 11.3 Å². The first-order chi connectivity index (χ1) is 8.82. The number of halogens is 3. The monoisotopic (exact) mass is 281 g/mol. The van der Waals surface area contributed by atoms with Gasteiger partial charge in [0.2, 0.25) is 0 Å². The van der Waals surface area contributed by atoms with Gasteiger partial charge in [0.25, 0.3) is 0 Å². The van der Waals surface area contributed by atoms with Gasteiger partial charge in [-0.05, 0) is 25.2 Å². The molecule has 0 aromatic rings. The minimum Gasteiger partial charge on any atom is -0.481 e. The molecule has 0 aromatic carbocycles. The molecule has 7 heteroatoms. The first-order valence-electron chi connectivity index (χ1n) is 6.35. The lowest BCUT2D eigenvalue weighted by Gasteiger charge is -2.31. The SMILES string of the molecule is COCC(C1CC1)N1CCC(C(=O)O)(C(F)(F)F)C1.